The normalized spacial score (nSPS) is 10.7. The third-order valence-electron chi connectivity index (χ3n) is 3.30. The molecule has 2 N–H and O–H groups in total. The van der Waals surface area contributed by atoms with Gasteiger partial charge in [-0.05, 0) is 30.3 Å². The second-order valence-corrected chi connectivity index (χ2v) is 5.39. The Hall–Kier alpha value is -3.56. The highest BCUT2D eigenvalue weighted by molar-refractivity contribution is 5.98. The molecular formula is C18H15F3N2O5. The zero-order valence-corrected chi connectivity index (χ0v) is 14.5. The summed E-state index contributed by atoms with van der Waals surface area (Å²) in [7, 11) is 1.47. The fraction of sp³-hybridized carbons (Fsp3) is 0.167. The van der Waals surface area contributed by atoms with Crippen molar-refractivity contribution in [1.29, 1.82) is 0 Å². The molecule has 0 radical (unpaired) electrons. The molecule has 0 heterocycles. The van der Waals surface area contributed by atoms with Crippen LogP contribution in [0.2, 0.25) is 0 Å². The van der Waals surface area contributed by atoms with Crippen LogP contribution < -0.4 is 15.4 Å². The van der Waals surface area contributed by atoms with Crippen molar-refractivity contribution in [2.75, 3.05) is 24.4 Å². The number of hydrogen-bond acceptors (Lipinski definition) is 5. The molecule has 2 amide bonds. The summed E-state index contributed by atoms with van der Waals surface area (Å²) in [6.07, 6.45) is -5.06. The van der Waals surface area contributed by atoms with Crippen LogP contribution >= 0.6 is 0 Å². The number of carbonyl (C=O) groups excluding carboxylic acids is 3. The third-order valence-corrected chi connectivity index (χ3v) is 3.30. The van der Waals surface area contributed by atoms with Gasteiger partial charge in [-0.2, -0.15) is 13.2 Å². The zero-order chi connectivity index (χ0) is 20.7. The first kappa shape index (κ1) is 20.7. The van der Waals surface area contributed by atoms with Gasteiger partial charge in [0.25, 0.3) is 5.91 Å². The largest absolute Gasteiger partial charge is 0.497 e. The molecule has 2 rings (SSSR count). The van der Waals surface area contributed by atoms with Gasteiger partial charge in [-0.15, -0.1) is 0 Å². The Morgan fingerprint density at radius 1 is 0.964 bits per heavy atom. The predicted molar refractivity (Wildman–Crippen MR) is 93.0 cm³/mol. The fourth-order valence-corrected chi connectivity index (χ4v) is 2.04. The Bertz CT molecular complexity index is 884. The molecule has 148 valence electrons. The van der Waals surface area contributed by atoms with Gasteiger partial charge in [0, 0.05) is 17.4 Å². The molecule has 0 aliphatic carbocycles. The highest BCUT2D eigenvalue weighted by atomic mass is 19.4. The van der Waals surface area contributed by atoms with Crippen molar-refractivity contribution >= 4 is 29.2 Å². The number of esters is 1. The van der Waals surface area contributed by atoms with Crippen LogP contribution in [-0.2, 0) is 14.3 Å². The van der Waals surface area contributed by atoms with Gasteiger partial charge in [-0.1, -0.05) is 12.1 Å². The Morgan fingerprint density at radius 2 is 1.61 bits per heavy atom. The number of halogens is 3. The number of benzene rings is 2. The number of carbonyl (C=O) groups is 3. The van der Waals surface area contributed by atoms with Crippen LogP contribution in [0.5, 0.6) is 5.75 Å². The minimum absolute atomic E-state index is 0.130. The SMILES string of the molecule is COc1cccc(NC(=O)COC(=O)c2cccc(NC(=O)C(F)(F)F)c2)c1. The van der Waals surface area contributed by atoms with E-state index in [9.17, 15) is 27.6 Å². The standard InChI is InChI=1S/C18H15F3N2O5/c1-27-14-7-3-6-13(9-14)22-15(24)10-28-16(25)11-4-2-5-12(8-11)23-17(26)18(19,20)21/h2-9H,10H2,1H3,(H,22,24)(H,23,26). The minimum atomic E-state index is -5.06. The maximum Gasteiger partial charge on any atom is 0.471 e. The van der Waals surface area contributed by atoms with Gasteiger partial charge >= 0.3 is 18.1 Å². The van der Waals surface area contributed by atoms with E-state index in [1.165, 1.54) is 25.3 Å². The van der Waals surface area contributed by atoms with Crippen LogP contribution in [0.25, 0.3) is 0 Å². The quantitative estimate of drug-likeness (QED) is 0.733. The summed E-state index contributed by atoms with van der Waals surface area (Å²) in [5.74, 6) is -3.21. The molecular weight excluding hydrogens is 381 g/mol. The van der Waals surface area contributed by atoms with E-state index in [-0.39, 0.29) is 11.3 Å². The molecule has 0 fully saturated rings. The lowest BCUT2D eigenvalue weighted by Gasteiger charge is -2.10. The topological polar surface area (TPSA) is 93.7 Å². The second kappa shape index (κ2) is 8.89. The van der Waals surface area contributed by atoms with Crippen LogP contribution in [0.1, 0.15) is 10.4 Å². The average Bonchev–Trinajstić information content (AvgIpc) is 2.65. The first-order valence-electron chi connectivity index (χ1n) is 7.78. The third kappa shape index (κ3) is 6.01. The maximum atomic E-state index is 12.3. The highest BCUT2D eigenvalue weighted by Gasteiger charge is 2.38. The second-order valence-electron chi connectivity index (χ2n) is 5.39. The lowest BCUT2D eigenvalue weighted by atomic mass is 10.2. The van der Waals surface area contributed by atoms with E-state index in [4.69, 9.17) is 9.47 Å². The highest BCUT2D eigenvalue weighted by Crippen LogP contribution is 2.19. The summed E-state index contributed by atoms with van der Waals surface area (Å²) in [6.45, 7) is -0.616. The van der Waals surface area contributed by atoms with Crippen molar-refractivity contribution in [3.8, 4) is 5.75 Å². The monoisotopic (exact) mass is 396 g/mol. The van der Waals surface area contributed by atoms with E-state index in [0.29, 0.717) is 11.4 Å². The Labute approximate surface area is 157 Å². The molecule has 0 unspecified atom stereocenters. The Balaban J connectivity index is 1.93. The van der Waals surface area contributed by atoms with Crippen molar-refractivity contribution < 1.29 is 37.0 Å². The van der Waals surface area contributed by atoms with Crippen molar-refractivity contribution in [2.24, 2.45) is 0 Å². The molecule has 0 spiro atoms. The van der Waals surface area contributed by atoms with Gasteiger partial charge in [0.1, 0.15) is 5.75 Å². The van der Waals surface area contributed by atoms with Gasteiger partial charge < -0.3 is 20.1 Å². The summed E-state index contributed by atoms with van der Waals surface area (Å²) in [5.41, 5.74) is 0.0593. The van der Waals surface area contributed by atoms with E-state index in [1.54, 1.807) is 29.6 Å². The molecule has 0 atom stereocenters. The Morgan fingerprint density at radius 3 is 2.25 bits per heavy atom. The number of ether oxygens (including phenoxy) is 2. The molecule has 0 aliphatic heterocycles. The van der Waals surface area contributed by atoms with Gasteiger partial charge in [0.05, 0.1) is 12.7 Å². The number of rotatable bonds is 6. The summed E-state index contributed by atoms with van der Waals surface area (Å²) >= 11 is 0. The van der Waals surface area contributed by atoms with Crippen molar-refractivity contribution in [3.05, 3.63) is 54.1 Å². The average molecular weight is 396 g/mol. The number of hydrogen-bond donors (Lipinski definition) is 2. The summed E-state index contributed by atoms with van der Waals surface area (Å²) < 4.78 is 46.7. The maximum absolute atomic E-state index is 12.3. The van der Waals surface area contributed by atoms with Crippen LogP contribution in [0, 0.1) is 0 Å². The predicted octanol–water partition coefficient (Wildman–Crippen LogP) is 2.99. The zero-order valence-electron chi connectivity index (χ0n) is 14.5. The van der Waals surface area contributed by atoms with E-state index in [1.807, 2.05) is 0 Å². The van der Waals surface area contributed by atoms with E-state index in [2.05, 4.69) is 5.32 Å². The van der Waals surface area contributed by atoms with Crippen LogP contribution in [-0.4, -0.2) is 37.7 Å². The van der Waals surface area contributed by atoms with Gasteiger partial charge in [0.2, 0.25) is 0 Å². The molecule has 10 heteroatoms. The number of methoxy groups -OCH3 is 1. The molecule has 0 saturated carbocycles. The lowest BCUT2D eigenvalue weighted by molar-refractivity contribution is -0.167. The molecule has 0 saturated heterocycles. The minimum Gasteiger partial charge on any atom is -0.497 e. The first-order valence-corrected chi connectivity index (χ1v) is 7.78. The van der Waals surface area contributed by atoms with Gasteiger partial charge in [-0.3, -0.25) is 9.59 Å². The molecule has 7 nitrogen and oxygen atoms in total. The first-order chi connectivity index (χ1) is 13.2. The fourth-order valence-electron chi connectivity index (χ4n) is 2.04. The summed E-state index contributed by atoms with van der Waals surface area (Å²) in [5, 5.41) is 4.12. The summed E-state index contributed by atoms with van der Waals surface area (Å²) in [6, 6.07) is 11.2. The Kier molecular flexibility index (Phi) is 6.59. The van der Waals surface area contributed by atoms with Crippen LogP contribution in [0.15, 0.2) is 48.5 Å². The van der Waals surface area contributed by atoms with Crippen LogP contribution in [0.4, 0.5) is 24.5 Å². The van der Waals surface area contributed by atoms with E-state index < -0.39 is 30.6 Å². The number of nitrogens with one attached hydrogen (secondary N) is 2. The smallest absolute Gasteiger partial charge is 0.471 e. The molecule has 2 aromatic carbocycles. The van der Waals surface area contributed by atoms with E-state index >= 15 is 0 Å². The molecule has 0 aliphatic rings. The van der Waals surface area contributed by atoms with Crippen molar-refractivity contribution in [2.45, 2.75) is 6.18 Å². The van der Waals surface area contributed by atoms with Crippen LogP contribution in [0.3, 0.4) is 0 Å². The van der Waals surface area contributed by atoms with E-state index in [0.717, 1.165) is 6.07 Å². The molecule has 2 aromatic rings. The molecule has 28 heavy (non-hydrogen) atoms. The van der Waals surface area contributed by atoms with Gasteiger partial charge in [-0.25, -0.2) is 4.79 Å². The number of anilines is 2. The van der Waals surface area contributed by atoms with Crippen molar-refractivity contribution in [3.63, 3.8) is 0 Å². The molecule has 0 aromatic heterocycles. The molecule has 0 bridgehead atoms. The van der Waals surface area contributed by atoms with Crippen molar-refractivity contribution in [1.82, 2.24) is 0 Å². The lowest BCUT2D eigenvalue weighted by Crippen LogP contribution is -2.30. The number of amides is 2. The number of alkyl halides is 3. The van der Waals surface area contributed by atoms with Gasteiger partial charge in [0.15, 0.2) is 6.61 Å². The summed E-state index contributed by atoms with van der Waals surface area (Å²) in [4.78, 5) is 34.8.